The molecule has 2 rings (SSSR count). The standard InChI is InChI=1S/C14H13Cl2NO4/c15-9-2-3-11(16)8(5-9)1-4-13(19)17-7-10(18)6-12(17)14(20)21/h1-5,10,12,18H,6-7H2,(H,20,21)/t10-,12-/m1/s1. The van der Waals surface area contributed by atoms with E-state index in [1.165, 1.54) is 12.2 Å². The van der Waals surface area contributed by atoms with Crippen molar-refractivity contribution in [2.75, 3.05) is 6.54 Å². The molecule has 1 aliphatic rings. The second-order valence-electron chi connectivity index (χ2n) is 4.73. The predicted octanol–water partition coefficient (Wildman–Crippen LogP) is 2.05. The monoisotopic (exact) mass is 329 g/mol. The molecular weight excluding hydrogens is 317 g/mol. The smallest absolute Gasteiger partial charge is 0.326 e. The fourth-order valence-electron chi connectivity index (χ4n) is 2.19. The van der Waals surface area contributed by atoms with Gasteiger partial charge in [-0.05, 0) is 29.8 Å². The summed E-state index contributed by atoms with van der Waals surface area (Å²) in [7, 11) is 0. The minimum absolute atomic E-state index is 0.00339. The Morgan fingerprint density at radius 2 is 2.05 bits per heavy atom. The van der Waals surface area contributed by atoms with Gasteiger partial charge >= 0.3 is 5.97 Å². The van der Waals surface area contributed by atoms with Crippen LogP contribution in [0.4, 0.5) is 0 Å². The van der Waals surface area contributed by atoms with E-state index in [2.05, 4.69) is 0 Å². The third-order valence-electron chi connectivity index (χ3n) is 3.21. The molecule has 0 saturated carbocycles. The zero-order valence-corrected chi connectivity index (χ0v) is 12.4. The van der Waals surface area contributed by atoms with E-state index < -0.39 is 24.0 Å². The van der Waals surface area contributed by atoms with Gasteiger partial charge < -0.3 is 15.1 Å². The van der Waals surface area contributed by atoms with Crippen molar-refractivity contribution < 1.29 is 19.8 Å². The van der Waals surface area contributed by atoms with Crippen molar-refractivity contribution in [3.05, 3.63) is 39.9 Å². The quantitative estimate of drug-likeness (QED) is 0.832. The average Bonchev–Trinajstić information content (AvgIpc) is 2.82. The summed E-state index contributed by atoms with van der Waals surface area (Å²) in [6.45, 7) is 0.00339. The minimum atomic E-state index is -1.13. The second kappa shape index (κ2) is 6.47. The van der Waals surface area contributed by atoms with Crippen molar-refractivity contribution in [1.29, 1.82) is 0 Å². The van der Waals surface area contributed by atoms with Gasteiger partial charge in [-0.15, -0.1) is 0 Å². The molecule has 0 unspecified atom stereocenters. The molecule has 0 aromatic heterocycles. The summed E-state index contributed by atoms with van der Waals surface area (Å²) >= 11 is 11.8. The van der Waals surface area contributed by atoms with Crippen LogP contribution < -0.4 is 0 Å². The normalized spacial score (nSPS) is 22.0. The van der Waals surface area contributed by atoms with Gasteiger partial charge in [0.15, 0.2) is 0 Å². The van der Waals surface area contributed by atoms with Gasteiger partial charge in [-0.2, -0.15) is 0 Å². The van der Waals surface area contributed by atoms with Crippen molar-refractivity contribution in [2.24, 2.45) is 0 Å². The Balaban J connectivity index is 2.15. The van der Waals surface area contributed by atoms with Gasteiger partial charge in [0.2, 0.25) is 5.91 Å². The highest BCUT2D eigenvalue weighted by Crippen LogP contribution is 2.23. The molecule has 1 aromatic rings. The van der Waals surface area contributed by atoms with E-state index in [-0.39, 0.29) is 13.0 Å². The van der Waals surface area contributed by atoms with Gasteiger partial charge in [0, 0.05) is 29.1 Å². The molecule has 1 heterocycles. The molecular formula is C14H13Cl2NO4. The highest BCUT2D eigenvalue weighted by atomic mass is 35.5. The van der Waals surface area contributed by atoms with Crippen LogP contribution in [0.2, 0.25) is 10.0 Å². The number of likely N-dealkylation sites (tertiary alicyclic amines) is 1. The topological polar surface area (TPSA) is 77.8 Å². The number of rotatable bonds is 3. The highest BCUT2D eigenvalue weighted by molar-refractivity contribution is 6.34. The molecule has 0 bridgehead atoms. The first-order valence-electron chi connectivity index (χ1n) is 6.23. The predicted molar refractivity (Wildman–Crippen MR) is 79.3 cm³/mol. The van der Waals surface area contributed by atoms with E-state index in [1.807, 2.05) is 0 Å². The van der Waals surface area contributed by atoms with Gasteiger partial charge in [-0.3, -0.25) is 4.79 Å². The summed E-state index contributed by atoms with van der Waals surface area (Å²) in [6.07, 6.45) is 1.91. The van der Waals surface area contributed by atoms with E-state index in [0.717, 1.165) is 4.90 Å². The molecule has 1 aliphatic heterocycles. The maximum Gasteiger partial charge on any atom is 0.326 e. The summed E-state index contributed by atoms with van der Waals surface area (Å²) < 4.78 is 0. The Labute approximate surface area is 131 Å². The van der Waals surface area contributed by atoms with Gasteiger partial charge in [0.05, 0.1) is 6.10 Å². The number of aliphatic carboxylic acids is 1. The number of nitrogens with zero attached hydrogens (tertiary/aromatic N) is 1. The average molecular weight is 330 g/mol. The lowest BCUT2D eigenvalue weighted by atomic mass is 10.2. The molecule has 7 heteroatoms. The summed E-state index contributed by atoms with van der Waals surface area (Å²) in [5.74, 6) is -1.62. The molecule has 0 radical (unpaired) electrons. The Hall–Kier alpha value is -1.56. The molecule has 5 nitrogen and oxygen atoms in total. The van der Waals surface area contributed by atoms with Crippen molar-refractivity contribution in [3.63, 3.8) is 0 Å². The van der Waals surface area contributed by atoms with Crippen LogP contribution in [0.25, 0.3) is 6.08 Å². The number of carboxylic acids is 1. The number of halogens is 2. The number of aliphatic hydroxyl groups excluding tert-OH is 1. The number of amides is 1. The molecule has 1 fully saturated rings. The van der Waals surface area contributed by atoms with E-state index in [9.17, 15) is 14.7 Å². The minimum Gasteiger partial charge on any atom is -0.480 e. The molecule has 1 aromatic carbocycles. The SMILES string of the molecule is O=C(O)[C@H]1C[C@@H](O)CN1C(=O)C=Cc1cc(Cl)ccc1Cl. The summed E-state index contributed by atoms with van der Waals surface area (Å²) in [5, 5.41) is 19.5. The lowest BCUT2D eigenvalue weighted by Gasteiger charge is -2.19. The third kappa shape index (κ3) is 3.75. The number of aliphatic hydroxyl groups is 1. The van der Waals surface area contributed by atoms with Crippen LogP contribution in [0.15, 0.2) is 24.3 Å². The Morgan fingerprint density at radius 1 is 1.33 bits per heavy atom. The van der Waals surface area contributed by atoms with Crippen LogP contribution in [0, 0.1) is 0 Å². The number of hydrogen-bond donors (Lipinski definition) is 2. The summed E-state index contributed by atoms with van der Waals surface area (Å²) in [5.41, 5.74) is 0.559. The van der Waals surface area contributed by atoms with Crippen molar-refractivity contribution in [3.8, 4) is 0 Å². The largest absolute Gasteiger partial charge is 0.480 e. The number of β-amino-alcohol motifs (C(OH)–C–C–N with tert-alkyl or cyclic N) is 1. The molecule has 2 atom stereocenters. The molecule has 112 valence electrons. The number of carbonyl (C=O) groups excluding carboxylic acids is 1. The van der Waals surface area contributed by atoms with E-state index in [4.69, 9.17) is 28.3 Å². The maximum absolute atomic E-state index is 12.1. The fourth-order valence-corrected chi connectivity index (χ4v) is 2.55. The van der Waals surface area contributed by atoms with Crippen LogP contribution >= 0.6 is 23.2 Å². The molecule has 1 amide bonds. The summed E-state index contributed by atoms with van der Waals surface area (Å²) in [6, 6.07) is 3.82. The molecule has 1 saturated heterocycles. The van der Waals surface area contributed by atoms with Crippen molar-refractivity contribution in [1.82, 2.24) is 4.90 Å². The maximum atomic E-state index is 12.1. The van der Waals surface area contributed by atoms with Crippen molar-refractivity contribution in [2.45, 2.75) is 18.6 Å². The molecule has 21 heavy (non-hydrogen) atoms. The first-order valence-corrected chi connectivity index (χ1v) is 6.98. The number of benzene rings is 1. The first kappa shape index (κ1) is 15.8. The molecule has 0 aliphatic carbocycles. The van der Waals surface area contributed by atoms with E-state index >= 15 is 0 Å². The van der Waals surface area contributed by atoms with Crippen LogP contribution in [-0.4, -0.2) is 45.7 Å². The van der Waals surface area contributed by atoms with Crippen LogP contribution in [0.1, 0.15) is 12.0 Å². The highest BCUT2D eigenvalue weighted by Gasteiger charge is 2.37. The Kier molecular flexibility index (Phi) is 4.88. The molecule has 0 spiro atoms. The van der Waals surface area contributed by atoms with Crippen LogP contribution in [-0.2, 0) is 9.59 Å². The fraction of sp³-hybridized carbons (Fsp3) is 0.286. The van der Waals surface area contributed by atoms with Crippen molar-refractivity contribution >= 4 is 41.2 Å². The van der Waals surface area contributed by atoms with Gasteiger partial charge in [0.1, 0.15) is 6.04 Å². The zero-order chi connectivity index (χ0) is 15.6. The number of carboxylic acid groups (broad SMARTS) is 1. The first-order chi connectivity index (χ1) is 9.88. The van der Waals surface area contributed by atoms with Crippen LogP contribution in [0.3, 0.4) is 0 Å². The lowest BCUT2D eigenvalue weighted by molar-refractivity contribution is -0.146. The second-order valence-corrected chi connectivity index (χ2v) is 5.58. The third-order valence-corrected chi connectivity index (χ3v) is 3.79. The van der Waals surface area contributed by atoms with E-state index in [0.29, 0.717) is 15.6 Å². The number of hydrogen-bond acceptors (Lipinski definition) is 3. The van der Waals surface area contributed by atoms with Gasteiger partial charge in [-0.25, -0.2) is 4.79 Å². The zero-order valence-electron chi connectivity index (χ0n) is 10.9. The Morgan fingerprint density at radius 3 is 2.71 bits per heavy atom. The lowest BCUT2D eigenvalue weighted by Crippen LogP contribution is -2.39. The summed E-state index contributed by atoms with van der Waals surface area (Å²) in [4.78, 5) is 24.3. The van der Waals surface area contributed by atoms with Gasteiger partial charge in [-0.1, -0.05) is 23.2 Å². The number of carbonyl (C=O) groups is 2. The van der Waals surface area contributed by atoms with Crippen LogP contribution in [0.5, 0.6) is 0 Å². The molecule has 2 N–H and O–H groups in total. The Bertz CT molecular complexity index is 603. The van der Waals surface area contributed by atoms with E-state index in [1.54, 1.807) is 18.2 Å². The van der Waals surface area contributed by atoms with Gasteiger partial charge in [0.25, 0.3) is 0 Å².